The summed E-state index contributed by atoms with van der Waals surface area (Å²) >= 11 is 0. The molecule has 1 aromatic rings. The zero-order valence-corrected chi connectivity index (χ0v) is 18.1. The molecule has 1 aliphatic heterocycles. The summed E-state index contributed by atoms with van der Waals surface area (Å²) in [7, 11) is 0. The fourth-order valence-corrected chi connectivity index (χ4v) is 3.41. The molecule has 2 rings (SSSR count). The Balaban J connectivity index is 2.27. The highest BCUT2D eigenvalue weighted by atomic mass is 19.1. The molecule has 8 nitrogen and oxygen atoms in total. The molecule has 1 aliphatic rings. The van der Waals surface area contributed by atoms with E-state index in [0.717, 1.165) is 12.1 Å². The van der Waals surface area contributed by atoms with Crippen LogP contribution in [0.4, 0.5) is 13.6 Å². The minimum atomic E-state index is -1.44. The molecule has 4 atom stereocenters. The van der Waals surface area contributed by atoms with Crippen LogP contribution >= 0.6 is 0 Å². The summed E-state index contributed by atoms with van der Waals surface area (Å²) in [6, 6.07) is 1.05. The SMILES string of the molecule is CC(=O)NC(CC1COC(CO)CN1C(=O)OC(C)(C)C)C(O)c1cc(F)cc(F)c1. The van der Waals surface area contributed by atoms with Gasteiger partial charge in [0.05, 0.1) is 44.1 Å². The number of benzene rings is 1. The van der Waals surface area contributed by atoms with E-state index in [1.807, 2.05) is 0 Å². The van der Waals surface area contributed by atoms with Gasteiger partial charge >= 0.3 is 6.09 Å². The summed E-state index contributed by atoms with van der Waals surface area (Å²) in [5.41, 5.74) is -0.811. The number of morpholine rings is 1. The van der Waals surface area contributed by atoms with E-state index >= 15 is 0 Å². The monoisotopic (exact) mass is 444 g/mol. The lowest BCUT2D eigenvalue weighted by Gasteiger charge is -2.41. The number of hydrogen-bond donors (Lipinski definition) is 3. The predicted octanol–water partition coefficient (Wildman–Crippen LogP) is 1.89. The van der Waals surface area contributed by atoms with Crippen LogP contribution in [-0.2, 0) is 14.3 Å². The minimum absolute atomic E-state index is 0.0186. The third kappa shape index (κ3) is 7.41. The van der Waals surface area contributed by atoms with E-state index in [4.69, 9.17) is 9.47 Å². The van der Waals surface area contributed by atoms with Crippen molar-refractivity contribution >= 4 is 12.0 Å². The molecule has 0 aliphatic carbocycles. The highest BCUT2D eigenvalue weighted by Gasteiger charge is 2.37. The van der Waals surface area contributed by atoms with Crippen molar-refractivity contribution in [2.45, 2.75) is 64.0 Å². The second kappa shape index (κ2) is 10.3. The van der Waals surface area contributed by atoms with Crippen LogP contribution in [0.1, 0.15) is 45.8 Å². The van der Waals surface area contributed by atoms with Gasteiger partial charge in [0.15, 0.2) is 0 Å². The highest BCUT2D eigenvalue weighted by molar-refractivity contribution is 5.73. The largest absolute Gasteiger partial charge is 0.444 e. The fourth-order valence-electron chi connectivity index (χ4n) is 3.41. The number of carbonyl (C=O) groups excluding carboxylic acids is 2. The van der Waals surface area contributed by atoms with E-state index in [2.05, 4.69) is 5.32 Å². The van der Waals surface area contributed by atoms with Crippen molar-refractivity contribution < 1.29 is 38.1 Å². The summed E-state index contributed by atoms with van der Waals surface area (Å²) in [6.07, 6.45) is -2.65. The number of nitrogens with one attached hydrogen (secondary N) is 1. The van der Waals surface area contributed by atoms with E-state index in [1.165, 1.54) is 11.8 Å². The van der Waals surface area contributed by atoms with Gasteiger partial charge in [0.2, 0.25) is 5.91 Å². The molecule has 0 spiro atoms. The number of halogens is 2. The number of hydrogen-bond acceptors (Lipinski definition) is 6. The zero-order valence-electron chi connectivity index (χ0n) is 18.1. The number of ether oxygens (including phenoxy) is 2. The molecule has 4 unspecified atom stereocenters. The quantitative estimate of drug-likeness (QED) is 0.619. The lowest BCUT2D eigenvalue weighted by atomic mass is 9.95. The van der Waals surface area contributed by atoms with Crippen LogP contribution in [0.25, 0.3) is 0 Å². The maximum absolute atomic E-state index is 13.6. The van der Waals surface area contributed by atoms with Crippen molar-refractivity contribution in [3.63, 3.8) is 0 Å². The van der Waals surface area contributed by atoms with Crippen LogP contribution in [-0.4, -0.2) is 70.7 Å². The minimum Gasteiger partial charge on any atom is -0.444 e. The van der Waals surface area contributed by atoms with E-state index in [0.29, 0.717) is 6.07 Å². The van der Waals surface area contributed by atoms with Gasteiger partial charge in [-0.2, -0.15) is 0 Å². The number of rotatable bonds is 6. The van der Waals surface area contributed by atoms with Gasteiger partial charge in [0, 0.05) is 13.0 Å². The number of amides is 2. The summed E-state index contributed by atoms with van der Waals surface area (Å²) in [5.74, 6) is -2.19. The Morgan fingerprint density at radius 1 is 1.29 bits per heavy atom. The second-order valence-electron chi connectivity index (χ2n) is 8.61. The Kier molecular flexibility index (Phi) is 8.33. The van der Waals surface area contributed by atoms with Crippen molar-refractivity contribution in [3.8, 4) is 0 Å². The second-order valence-corrected chi connectivity index (χ2v) is 8.61. The molecular formula is C21H30F2N2O6. The van der Waals surface area contributed by atoms with Gasteiger partial charge in [-0.15, -0.1) is 0 Å². The summed E-state index contributed by atoms with van der Waals surface area (Å²) in [5, 5.41) is 22.8. The number of carbonyl (C=O) groups is 2. The van der Waals surface area contributed by atoms with Crippen molar-refractivity contribution in [2.75, 3.05) is 19.8 Å². The Bertz CT molecular complexity index is 765. The predicted molar refractivity (Wildman–Crippen MR) is 107 cm³/mol. The normalized spacial score (nSPS) is 21.4. The first-order valence-corrected chi connectivity index (χ1v) is 10.0. The standard InChI is InChI=1S/C21H30F2N2O6/c1-12(27)24-18(19(28)13-5-14(22)7-15(23)6-13)8-16-11-30-17(10-26)9-25(16)20(29)31-21(2,3)4/h5-7,16-19,26,28H,8-11H2,1-4H3,(H,24,27). The highest BCUT2D eigenvalue weighted by Crippen LogP contribution is 2.26. The van der Waals surface area contributed by atoms with E-state index < -0.39 is 53.5 Å². The molecule has 0 aromatic heterocycles. The molecule has 0 bridgehead atoms. The third-order valence-electron chi connectivity index (χ3n) is 4.72. The van der Waals surface area contributed by atoms with Gasteiger partial charge in [0.25, 0.3) is 0 Å². The maximum atomic E-state index is 13.6. The zero-order chi connectivity index (χ0) is 23.3. The van der Waals surface area contributed by atoms with Crippen LogP contribution in [0.5, 0.6) is 0 Å². The van der Waals surface area contributed by atoms with E-state index in [9.17, 15) is 28.6 Å². The molecule has 1 saturated heterocycles. The van der Waals surface area contributed by atoms with Crippen LogP contribution < -0.4 is 5.32 Å². The number of nitrogens with zero attached hydrogens (tertiary/aromatic N) is 1. The van der Waals surface area contributed by atoms with Crippen molar-refractivity contribution in [3.05, 3.63) is 35.4 Å². The molecule has 1 heterocycles. The lowest BCUT2D eigenvalue weighted by molar-refractivity contribution is -0.121. The summed E-state index contributed by atoms with van der Waals surface area (Å²) < 4.78 is 38.3. The van der Waals surface area contributed by atoms with Gasteiger partial charge in [-0.3, -0.25) is 4.79 Å². The fraction of sp³-hybridized carbons (Fsp3) is 0.619. The number of aliphatic hydroxyl groups excluding tert-OH is 2. The van der Waals surface area contributed by atoms with Crippen LogP contribution in [0, 0.1) is 11.6 Å². The first-order chi connectivity index (χ1) is 14.4. The third-order valence-corrected chi connectivity index (χ3v) is 4.72. The van der Waals surface area contributed by atoms with Gasteiger partial charge in [-0.25, -0.2) is 13.6 Å². The molecule has 0 radical (unpaired) electrons. The molecular weight excluding hydrogens is 414 g/mol. The topological polar surface area (TPSA) is 108 Å². The summed E-state index contributed by atoms with van der Waals surface area (Å²) in [4.78, 5) is 25.8. The van der Waals surface area contributed by atoms with Gasteiger partial charge in [-0.05, 0) is 44.9 Å². The Morgan fingerprint density at radius 2 is 1.90 bits per heavy atom. The average Bonchev–Trinajstić information content (AvgIpc) is 2.64. The van der Waals surface area contributed by atoms with Crippen LogP contribution in [0.2, 0.25) is 0 Å². The Morgan fingerprint density at radius 3 is 2.42 bits per heavy atom. The van der Waals surface area contributed by atoms with E-state index in [1.54, 1.807) is 20.8 Å². The van der Waals surface area contributed by atoms with Crippen molar-refractivity contribution in [1.29, 1.82) is 0 Å². The van der Waals surface area contributed by atoms with Gasteiger partial charge in [0.1, 0.15) is 17.2 Å². The van der Waals surface area contributed by atoms with Gasteiger partial charge < -0.3 is 29.9 Å². The van der Waals surface area contributed by atoms with E-state index in [-0.39, 0.29) is 31.7 Å². The van der Waals surface area contributed by atoms with Crippen molar-refractivity contribution in [2.24, 2.45) is 0 Å². The molecule has 3 N–H and O–H groups in total. The molecule has 2 amide bonds. The lowest BCUT2D eigenvalue weighted by Crippen LogP contribution is -2.56. The Hall–Kier alpha value is -2.30. The molecule has 10 heteroatoms. The Labute approximate surface area is 180 Å². The molecule has 174 valence electrons. The maximum Gasteiger partial charge on any atom is 0.410 e. The van der Waals surface area contributed by atoms with Crippen LogP contribution in [0.3, 0.4) is 0 Å². The van der Waals surface area contributed by atoms with Crippen LogP contribution in [0.15, 0.2) is 18.2 Å². The van der Waals surface area contributed by atoms with Crippen molar-refractivity contribution in [1.82, 2.24) is 10.2 Å². The smallest absolute Gasteiger partial charge is 0.410 e. The molecule has 1 fully saturated rings. The first kappa shape index (κ1) is 25.0. The first-order valence-electron chi connectivity index (χ1n) is 10.0. The average molecular weight is 444 g/mol. The summed E-state index contributed by atoms with van der Waals surface area (Å²) in [6.45, 7) is 6.16. The number of aliphatic hydroxyl groups is 2. The molecule has 0 saturated carbocycles. The van der Waals surface area contributed by atoms with Gasteiger partial charge in [-0.1, -0.05) is 0 Å². The molecule has 31 heavy (non-hydrogen) atoms. The molecule has 1 aromatic carbocycles.